The number of benzene rings is 4. The summed E-state index contributed by atoms with van der Waals surface area (Å²) in [6, 6.07) is 17.1. The lowest BCUT2D eigenvalue weighted by atomic mass is 9.90. The normalized spacial score (nSPS) is 12.1. The van der Waals surface area contributed by atoms with E-state index in [2.05, 4.69) is 9.98 Å². The average molecular weight is 843 g/mol. The zero-order valence-electron chi connectivity index (χ0n) is 35.9. The highest BCUT2D eigenvalue weighted by Gasteiger charge is 2.24. The number of hydrogen-bond acceptors (Lipinski definition) is 11. The van der Waals surface area contributed by atoms with Gasteiger partial charge in [-0.05, 0) is 75.2 Å². The summed E-state index contributed by atoms with van der Waals surface area (Å²) in [5.74, 6) is 2.40. The summed E-state index contributed by atoms with van der Waals surface area (Å²) in [6.45, 7) is 12.6. The van der Waals surface area contributed by atoms with Crippen LogP contribution in [0, 0.1) is 0 Å². The molecule has 0 heterocycles. The zero-order valence-corrected chi connectivity index (χ0v) is 35.9. The number of ether oxygens (including phenoxy) is 8. The van der Waals surface area contributed by atoms with E-state index in [9.17, 15) is 5.11 Å². The van der Waals surface area contributed by atoms with Crippen molar-refractivity contribution in [3.8, 4) is 28.7 Å². The lowest BCUT2D eigenvalue weighted by Gasteiger charge is -2.23. The first kappa shape index (κ1) is 46.3. The lowest BCUT2D eigenvalue weighted by Crippen LogP contribution is -2.22. The second-order valence-electron chi connectivity index (χ2n) is 14.1. The number of guanidine groups is 2. The predicted octanol–water partition coefficient (Wildman–Crippen LogP) is 5.54. The van der Waals surface area contributed by atoms with Crippen LogP contribution in [0.15, 0.2) is 64.6 Å². The summed E-state index contributed by atoms with van der Waals surface area (Å²) in [5, 5.41) is 11.4. The molecule has 330 valence electrons. The Hall–Kier alpha value is -5.74. The van der Waals surface area contributed by atoms with Crippen LogP contribution in [0.1, 0.15) is 72.2 Å². The van der Waals surface area contributed by atoms with E-state index in [1.165, 1.54) is 0 Å². The Kier molecular flexibility index (Phi) is 18.1. The highest BCUT2D eigenvalue weighted by molar-refractivity contribution is 5.80. The van der Waals surface area contributed by atoms with Crippen molar-refractivity contribution in [3.05, 3.63) is 99.1 Å². The number of aliphatic imine (C=N–C) groups is 2. The lowest BCUT2D eigenvalue weighted by molar-refractivity contribution is 0.108. The average Bonchev–Trinajstić information content (AvgIpc) is 3.20. The largest absolute Gasteiger partial charge is 0.508 e. The standard InChI is InChI=1S/C46H62N6O9/c1-5-54-12-16-58-41-30-10-9-11-31(41)21-33-25-39(52-46(49)50)27-35(43(33)60-18-14-56-7-3)23-37-29-40(53)28-36(44(37)61-19-15-57-8-4)22-34-26-38(51-45(47)48)24-32(20-30)42(34)59-17-13-55-6-2/h9-11,24-29,53H,5-8,12-23H2,1-4H3,(H4,47,48,51)(H4,49,50,52). The molecule has 1 aliphatic rings. The van der Waals surface area contributed by atoms with Crippen molar-refractivity contribution in [2.75, 3.05) is 79.3 Å². The summed E-state index contributed by atoms with van der Waals surface area (Å²) < 4.78 is 49.2. The van der Waals surface area contributed by atoms with E-state index in [0.717, 1.165) is 33.4 Å². The third-order valence-corrected chi connectivity index (χ3v) is 9.61. The van der Waals surface area contributed by atoms with Gasteiger partial charge in [-0.25, -0.2) is 9.98 Å². The number of nitrogens with two attached hydrogens (primary N) is 4. The van der Waals surface area contributed by atoms with Crippen LogP contribution in [-0.2, 0) is 44.6 Å². The van der Waals surface area contributed by atoms with Crippen LogP contribution in [0.3, 0.4) is 0 Å². The number of nitrogens with zero attached hydrogens (tertiary/aromatic N) is 2. The molecule has 0 saturated heterocycles. The molecule has 8 bridgehead atoms. The number of para-hydroxylation sites is 1. The monoisotopic (exact) mass is 842 g/mol. The molecule has 61 heavy (non-hydrogen) atoms. The molecular formula is C46H62N6O9. The topological polar surface area (TPSA) is 223 Å². The Bertz CT molecular complexity index is 1970. The van der Waals surface area contributed by atoms with E-state index in [1.54, 1.807) is 12.1 Å². The Morgan fingerprint density at radius 2 is 0.721 bits per heavy atom. The Morgan fingerprint density at radius 3 is 1.02 bits per heavy atom. The van der Waals surface area contributed by atoms with Crippen molar-refractivity contribution in [2.45, 2.75) is 53.4 Å². The van der Waals surface area contributed by atoms with Gasteiger partial charge in [0.05, 0.1) is 37.8 Å². The van der Waals surface area contributed by atoms with Gasteiger partial charge in [0.15, 0.2) is 11.9 Å². The molecule has 0 amide bonds. The molecule has 1 aliphatic carbocycles. The zero-order chi connectivity index (χ0) is 43.6. The second-order valence-corrected chi connectivity index (χ2v) is 14.1. The van der Waals surface area contributed by atoms with Crippen LogP contribution in [0.5, 0.6) is 28.7 Å². The molecule has 15 heteroatoms. The molecule has 4 aromatic rings. The summed E-state index contributed by atoms with van der Waals surface area (Å²) in [5.41, 5.74) is 31.3. The fraction of sp³-hybridized carbons (Fsp3) is 0.435. The smallest absolute Gasteiger partial charge is 0.191 e. The van der Waals surface area contributed by atoms with Crippen molar-refractivity contribution in [1.29, 1.82) is 0 Å². The summed E-state index contributed by atoms with van der Waals surface area (Å²) in [4.78, 5) is 8.99. The van der Waals surface area contributed by atoms with Crippen LogP contribution >= 0.6 is 0 Å². The minimum atomic E-state index is -0.0916. The predicted molar refractivity (Wildman–Crippen MR) is 238 cm³/mol. The molecule has 5 rings (SSSR count). The van der Waals surface area contributed by atoms with Crippen molar-refractivity contribution in [1.82, 2.24) is 0 Å². The van der Waals surface area contributed by atoms with E-state index >= 15 is 0 Å². The number of fused-ring (bicyclic) bond motifs is 8. The van der Waals surface area contributed by atoms with E-state index in [-0.39, 0.29) is 50.3 Å². The Morgan fingerprint density at radius 1 is 0.443 bits per heavy atom. The molecule has 9 N–H and O–H groups in total. The van der Waals surface area contributed by atoms with Crippen LogP contribution in [-0.4, -0.2) is 96.3 Å². The maximum Gasteiger partial charge on any atom is 0.191 e. The van der Waals surface area contributed by atoms with Crippen molar-refractivity contribution in [2.24, 2.45) is 32.9 Å². The number of phenols is 1. The number of aromatic hydroxyl groups is 1. The molecule has 0 radical (unpaired) electrons. The quantitative estimate of drug-likeness (QED) is 0.0329. The van der Waals surface area contributed by atoms with Crippen molar-refractivity contribution in [3.63, 3.8) is 0 Å². The van der Waals surface area contributed by atoms with Gasteiger partial charge in [0.2, 0.25) is 0 Å². The Labute approximate surface area is 358 Å². The van der Waals surface area contributed by atoms with Crippen LogP contribution in [0.25, 0.3) is 0 Å². The van der Waals surface area contributed by atoms with E-state index in [0.29, 0.717) is 118 Å². The SMILES string of the molecule is CCOCCOc1c2cccc1Cc1cc(N=C(N)N)cc(c1OCCOCC)Cc1cc(O)cc(c1OCCOCC)Cc1cc(N=C(N)N)cc(c1OCCOCC)C2. The van der Waals surface area contributed by atoms with Gasteiger partial charge < -0.3 is 65.9 Å². The summed E-state index contributed by atoms with van der Waals surface area (Å²) >= 11 is 0. The Balaban J connectivity index is 1.84. The molecule has 4 aromatic carbocycles. The van der Waals surface area contributed by atoms with Gasteiger partial charge in [0, 0.05) is 85.5 Å². The molecule has 0 unspecified atom stereocenters. The molecule has 0 aromatic heterocycles. The number of phenolic OH excluding ortho intramolecular Hbond substituents is 1. The van der Waals surface area contributed by atoms with E-state index in [1.807, 2.05) is 70.2 Å². The third-order valence-electron chi connectivity index (χ3n) is 9.61. The van der Waals surface area contributed by atoms with Gasteiger partial charge >= 0.3 is 0 Å². The first-order valence-electron chi connectivity index (χ1n) is 20.9. The fourth-order valence-electron chi connectivity index (χ4n) is 7.29. The number of hydrogen-bond donors (Lipinski definition) is 5. The van der Waals surface area contributed by atoms with Gasteiger partial charge in [-0.1, -0.05) is 18.2 Å². The fourth-order valence-corrected chi connectivity index (χ4v) is 7.29. The minimum absolute atomic E-state index is 0.0472. The van der Waals surface area contributed by atoms with Gasteiger partial charge in [0.25, 0.3) is 0 Å². The summed E-state index contributed by atoms with van der Waals surface area (Å²) in [7, 11) is 0. The third kappa shape index (κ3) is 13.6. The second kappa shape index (κ2) is 23.9. The molecule has 0 spiro atoms. The maximum atomic E-state index is 11.4. The van der Waals surface area contributed by atoms with Crippen molar-refractivity contribution >= 4 is 23.3 Å². The molecule has 0 aliphatic heterocycles. The highest BCUT2D eigenvalue weighted by Crippen LogP contribution is 2.42. The van der Waals surface area contributed by atoms with Crippen molar-refractivity contribution < 1.29 is 43.0 Å². The first-order valence-corrected chi connectivity index (χ1v) is 20.9. The first-order chi connectivity index (χ1) is 29.6. The van der Waals surface area contributed by atoms with Crippen LogP contribution in [0.4, 0.5) is 11.4 Å². The van der Waals surface area contributed by atoms with Crippen LogP contribution in [0.2, 0.25) is 0 Å². The highest BCUT2D eigenvalue weighted by atomic mass is 16.5. The molecule has 0 atom stereocenters. The van der Waals surface area contributed by atoms with Gasteiger partial charge in [-0.15, -0.1) is 0 Å². The van der Waals surface area contributed by atoms with Gasteiger partial charge in [-0.2, -0.15) is 0 Å². The van der Waals surface area contributed by atoms with E-state index < -0.39 is 0 Å². The van der Waals surface area contributed by atoms with Gasteiger partial charge in [-0.3, -0.25) is 0 Å². The molecule has 0 saturated carbocycles. The number of rotatable bonds is 22. The summed E-state index contributed by atoms with van der Waals surface area (Å²) in [6.07, 6.45) is 1.29. The van der Waals surface area contributed by atoms with Crippen LogP contribution < -0.4 is 41.9 Å². The van der Waals surface area contributed by atoms with E-state index in [4.69, 9.17) is 60.8 Å². The maximum absolute atomic E-state index is 11.4. The minimum Gasteiger partial charge on any atom is -0.508 e. The molecule has 0 fully saturated rings. The molecular weight excluding hydrogens is 781 g/mol. The van der Waals surface area contributed by atoms with Gasteiger partial charge in [0.1, 0.15) is 55.2 Å². The molecule has 15 nitrogen and oxygen atoms in total.